The van der Waals surface area contributed by atoms with Crippen LogP contribution in [0.25, 0.3) is 0 Å². The van der Waals surface area contributed by atoms with Crippen molar-refractivity contribution in [2.75, 3.05) is 11.9 Å². The summed E-state index contributed by atoms with van der Waals surface area (Å²) in [6, 6.07) is 14.9. The smallest absolute Gasteiger partial charge is 0.270 e. The minimum atomic E-state index is -0.227. The van der Waals surface area contributed by atoms with Crippen LogP contribution in [0, 0.1) is 0 Å². The molecular formula is C20H20N4O2. The Labute approximate surface area is 152 Å². The monoisotopic (exact) mass is 348 g/mol. The van der Waals surface area contributed by atoms with E-state index >= 15 is 0 Å². The lowest BCUT2D eigenvalue weighted by Crippen LogP contribution is -2.23. The maximum Gasteiger partial charge on any atom is 0.270 e. The molecule has 0 radical (unpaired) electrons. The lowest BCUT2D eigenvalue weighted by atomic mass is 10.2. The Morgan fingerprint density at radius 3 is 2.69 bits per heavy atom. The summed E-state index contributed by atoms with van der Waals surface area (Å²) in [4.78, 5) is 20.4. The Kier molecular flexibility index (Phi) is 5.77. The molecule has 0 unspecified atom stereocenters. The first-order chi connectivity index (χ1) is 12.8. The van der Waals surface area contributed by atoms with Gasteiger partial charge < -0.3 is 15.4 Å². The summed E-state index contributed by atoms with van der Waals surface area (Å²) >= 11 is 0. The molecule has 3 aromatic rings. The second-order valence-electron chi connectivity index (χ2n) is 5.53. The molecule has 1 amide bonds. The summed E-state index contributed by atoms with van der Waals surface area (Å²) in [7, 11) is 0. The molecule has 6 nitrogen and oxygen atoms in total. The van der Waals surface area contributed by atoms with Crippen molar-refractivity contribution in [1.29, 1.82) is 0 Å². The zero-order chi connectivity index (χ0) is 18.2. The van der Waals surface area contributed by atoms with E-state index in [4.69, 9.17) is 4.74 Å². The molecule has 0 saturated carbocycles. The van der Waals surface area contributed by atoms with Gasteiger partial charge in [-0.25, -0.2) is 4.98 Å². The van der Waals surface area contributed by atoms with Crippen LogP contribution in [0.1, 0.15) is 23.0 Å². The van der Waals surface area contributed by atoms with Crippen LogP contribution >= 0.6 is 0 Å². The topological polar surface area (TPSA) is 76.1 Å². The number of carbonyl (C=O) groups is 1. The Balaban J connectivity index is 1.62. The number of ether oxygens (including phenoxy) is 1. The number of nitrogens with zero attached hydrogens (tertiary/aromatic N) is 2. The summed E-state index contributed by atoms with van der Waals surface area (Å²) in [5.41, 5.74) is 2.93. The third kappa shape index (κ3) is 4.57. The quantitative estimate of drug-likeness (QED) is 0.683. The van der Waals surface area contributed by atoms with E-state index in [0.29, 0.717) is 18.8 Å². The average Bonchev–Trinajstić information content (AvgIpc) is 2.69. The van der Waals surface area contributed by atoms with Gasteiger partial charge in [0.1, 0.15) is 11.4 Å². The van der Waals surface area contributed by atoms with E-state index in [9.17, 15) is 4.79 Å². The van der Waals surface area contributed by atoms with Crippen molar-refractivity contribution in [2.45, 2.75) is 13.5 Å². The van der Waals surface area contributed by atoms with Crippen molar-refractivity contribution in [3.8, 4) is 5.75 Å². The van der Waals surface area contributed by atoms with Crippen molar-refractivity contribution >= 4 is 17.3 Å². The fraction of sp³-hybridized carbons (Fsp3) is 0.150. The molecular weight excluding hydrogens is 328 g/mol. The summed E-state index contributed by atoms with van der Waals surface area (Å²) < 4.78 is 5.59. The lowest BCUT2D eigenvalue weighted by molar-refractivity contribution is 0.0946. The minimum Gasteiger partial charge on any atom is -0.492 e. The van der Waals surface area contributed by atoms with E-state index in [-0.39, 0.29) is 5.91 Å². The molecule has 0 saturated heterocycles. The molecule has 0 aliphatic carbocycles. The van der Waals surface area contributed by atoms with Gasteiger partial charge in [-0.1, -0.05) is 18.2 Å². The number of aromatic nitrogens is 2. The van der Waals surface area contributed by atoms with Crippen molar-refractivity contribution in [1.82, 2.24) is 15.3 Å². The first-order valence-electron chi connectivity index (χ1n) is 8.38. The molecule has 0 atom stereocenters. The molecule has 0 fully saturated rings. The standard InChI is InChI=1S/C20H20N4O2/c1-2-26-19-8-4-3-7-17(19)24-16-9-10-18(22-14-16)20(25)23-13-15-6-5-11-21-12-15/h3-12,14,24H,2,13H2,1H3,(H,23,25). The van der Waals surface area contributed by atoms with Crippen LogP contribution < -0.4 is 15.4 Å². The molecule has 2 aromatic heterocycles. The molecule has 1 aromatic carbocycles. The van der Waals surface area contributed by atoms with Crippen LogP contribution in [0.15, 0.2) is 67.1 Å². The lowest BCUT2D eigenvalue weighted by Gasteiger charge is -2.12. The molecule has 0 aliphatic rings. The highest BCUT2D eigenvalue weighted by molar-refractivity contribution is 5.92. The largest absolute Gasteiger partial charge is 0.492 e. The Bertz CT molecular complexity index is 851. The summed E-state index contributed by atoms with van der Waals surface area (Å²) in [5, 5.41) is 6.08. The van der Waals surface area contributed by atoms with Crippen LogP contribution in [-0.2, 0) is 6.54 Å². The molecule has 6 heteroatoms. The first kappa shape index (κ1) is 17.4. The first-order valence-corrected chi connectivity index (χ1v) is 8.38. The number of amides is 1. The number of benzene rings is 1. The second kappa shape index (κ2) is 8.62. The van der Waals surface area contributed by atoms with Crippen molar-refractivity contribution < 1.29 is 9.53 Å². The Morgan fingerprint density at radius 2 is 1.96 bits per heavy atom. The van der Waals surface area contributed by atoms with Gasteiger partial charge in [0.15, 0.2) is 0 Å². The summed E-state index contributed by atoms with van der Waals surface area (Å²) in [6.07, 6.45) is 5.04. The van der Waals surface area contributed by atoms with Crippen LogP contribution in [0.4, 0.5) is 11.4 Å². The minimum absolute atomic E-state index is 0.227. The predicted molar refractivity (Wildman–Crippen MR) is 101 cm³/mol. The number of para-hydroxylation sites is 2. The number of rotatable bonds is 7. The number of pyridine rings is 2. The third-order valence-electron chi connectivity index (χ3n) is 3.64. The van der Waals surface area contributed by atoms with Gasteiger partial charge in [0, 0.05) is 18.9 Å². The molecule has 0 aliphatic heterocycles. The summed E-state index contributed by atoms with van der Waals surface area (Å²) in [5.74, 6) is 0.545. The molecule has 3 rings (SSSR count). The molecule has 0 bridgehead atoms. The van der Waals surface area contributed by atoms with Crippen LogP contribution in [0.3, 0.4) is 0 Å². The SMILES string of the molecule is CCOc1ccccc1Nc1ccc(C(=O)NCc2cccnc2)nc1. The van der Waals surface area contributed by atoms with Crippen LogP contribution in [-0.4, -0.2) is 22.5 Å². The molecule has 0 spiro atoms. The average molecular weight is 348 g/mol. The van der Waals surface area contributed by atoms with Gasteiger partial charge in [0.05, 0.1) is 24.2 Å². The van der Waals surface area contributed by atoms with E-state index in [1.165, 1.54) is 0 Å². The highest BCUT2D eigenvalue weighted by Gasteiger charge is 2.08. The van der Waals surface area contributed by atoms with Gasteiger partial charge in [-0.05, 0) is 42.8 Å². The number of nitrogens with one attached hydrogen (secondary N) is 2. The van der Waals surface area contributed by atoms with Crippen molar-refractivity contribution in [3.05, 3.63) is 78.4 Å². The normalized spacial score (nSPS) is 10.2. The fourth-order valence-corrected chi connectivity index (χ4v) is 2.38. The predicted octanol–water partition coefficient (Wildman–Crippen LogP) is 3.55. The van der Waals surface area contributed by atoms with E-state index in [1.807, 2.05) is 49.4 Å². The highest BCUT2D eigenvalue weighted by atomic mass is 16.5. The Morgan fingerprint density at radius 1 is 1.08 bits per heavy atom. The second-order valence-corrected chi connectivity index (χ2v) is 5.53. The number of carbonyl (C=O) groups excluding carboxylic acids is 1. The van der Waals surface area contributed by atoms with Crippen LogP contribution in [0.5, 0.6) is 5.75 Å². The Hall–Kier alpha value is -3.41. The van der Waals surface area contributed by atoms with Gasteiger partial charge in [-0.2, -0.15) is 0 Å². The van der Waals surface area contributed by atoms with Gasteiger partial charge in [-0.15, -0.1) is 0 Å². The van der Waals surface area contributed by atoms with Gasteiger partial charge in [0.2, 0.25) is 0 Å². The van der Waals surface area contributed by atoms with E-state index in [1.54, 1.807) is 24.7 Å². The number of anilines is 2. The zero-order valence-corrected chi connectivity index (χ0v) is 14.5. The van der Waals surface area contributed by atoms with Gasteiger partial charge in [0.25, 0.3) is 5.91 Å². The van der Waals surface area contributed by atoms with Crippen molar-refractivity contribution in [2.24, 2.45) is 0 Å². The number of hydrogen-bond acceptors (Lipinski definition) is 5. The molecule has 26 heavy (non-hydrogen) atoms. The highest BCUT2D eigenvalue weighted by Crippen LogP contribution is 2.27. The number of hydrogen-bond donors (Lipinski definition) is 2. The maximum absolute atomic E-state index is 12.2. The maximum atomic E-state index is 12.2. The molecule has 132 valence electrons. The molecule has 2 N–H and O–H groups in total. The van der Waals surface area contributed by atoms with E-state index in [0.717, 1.165) is 22.7 Å². The van der Waals surface area contributed by atoms with Gasteiger partial charge in [-0.3, -0.25) is 9.78 Å². The van der Waals surface area contributed by atoms with Gasteiger partial charge >= 0.3 is 0 Å². The third-order valence-corrected chi connectivity index (χ3v) is 3.64. The molecule has 2 heterocycles. The summed E-state index contributed by atoms with van der Waals surface area (Å²) in [6.45, 7) is 2.94. The van der Waals surface area contributed by atoms with E-state index < -0.39 is 0 Å². The zero-order valence-electron chi connectivity index (χ0n) is 14.5. The van der Waals surface area contributed by atoms with Crippen molar-refractivity contribution in [3.63, 3.8) is 0 Å². The fourth-order valence-electron chi connectivity index (χ4n) is 2.38. The van der Waals surface area contributed by atoms with Crippen LogP contribution in [0.2, 0.25) is 0 Å². The van der Waals surface area contributed by atoms with E-state index in [2.05, 4.69) is 20.6 Å².